The number of para-hydroxylation sites is 1. The van der Waals surface area contributed by atoms with Crippen LogP contribution in [-0.4, -0.2) is 30.6 Å². The Labute approximate surface area is 168 Å². The average Bonchev–Trinajstić information content (AvgIpc) is 2.70. The van der Waals surface area contributed by atoms with Gasteiger partial charge < -0.3 is 19.8 Å². The van der Waals surface area contributed by atoms with Crippen LogP contribution in [0.5, 0.6) is 5.75 Å². The van der Waals surface area contributed by atoms with E-state index in [0.29, 0.717) is 23.4 Å². The number of H-pyrrole nitrogens is 1. The molecule has 2 N–H and O–H groups in total. The number of carbonyl (C=O) groups is 2. The van der Waals surface area contributed by atoms with E-state index in [4.69, 9.17) is 14.7 Å². The van der Waals surface area contributed by atoms with E-state index in [0.717, 1.165) is 11.1 Å². The van der Waals surface area contributed by atoms with Gasteiger partial charge in [0.05, 0.1) is 7.11 Å². The number of nitrogens with one attached hydrogen (secondary N) is 2. The summed E-state index contributed by atoms with van der Waals surface area (Å²) in [6, 6.07) is 9.16. The third kappa shape index (κ3) is 5.69. The van der Waals surface area contributed by atoms with Gasteiger partial charge in [-0.25, -0.2) is 0 Å². The van der Waals surface area contributed by atoms with Crippen molar-refractivity contribution in [2.75, 3.05) is 13.7 Å². The largest absolute Gasteiger partial charge is 0.496 e. The predicted molar refractivity (Wildman–Crippen MR) is 105 cm³/mol. The number of methoxy groups -OCH3 is 1. The fraction of sp³-hybridized carbons (Fsp3) is 0.333. The fourth-order valence-corrected chi connectivity index (χ4v) is 2.96. The van der Waals surface area contributed by atoms with E-state index in [1.807, 2.05) is 24.3 Å². The SMILES string of the molecule is COc1ccccc1CNC(=O)COC(=O)CCc1c(C)[nH]c(=O)c(C#N)c1C. The van der Waals surface area contributed by atoms with Gasteiger partial charge >= 0.3 is 5.97 Å². The molecule has 0 aliphatic rings. The lowest BCUT2D eigenvalue weighted by Gasteiger charge is -2.11. The van der Waals surface area contributed by atoms with Gasteiger partial charge in [-0.15, -0.1) is 0 Å². The second-order valence-corrected chi connectivity index (χ2v) is 6.42. The van der Waals surface area contributed by atoms with Crippen LogP contribution in [0.15, 0.2) is 29.1 Å². The van der Waals surface area contributed by atoms with Crippen molar-refractivity contribution in [1.82, 2.24) is 10.3 Å². The Balaban J connectivity index is 1.84. The number of nitriles is 1. The molecule has 2 rings (SSSR count). The Hall–Kier alpha value is -3.60. The van der Waals surface area contributed by atoms with Crippen LogP contribution >= 0.6 is 0 Å². The standard InChI is InChI=1S/C21H23N3O5/c1-13-16(14(2)24-21(27)17(13)10-22)8-9-20(26)29-12-19(25)23-11-15-6-4-5-7-18(15)28-3/h4-7H,8-9,11-12H2,1-3H3,(H,23,25)(H,24,27). The van der Waals surface area contributed by atoms with E-state index >= 15 is 0 Å². The Morgan fingerprint density at radius 1 is 1.24 bits per heavy atom. The van der Waals surface area contributed by atoms with Crippen LogP contribution in [-0.2, 0) is 27.3 Å². The van der Waals surface area contributed by atoms with Gasteiger partial charge in [-0.3, -0.25) is 14.4 Å². The summed E-state index contributed by atoms with van der Waals surface area (Å²) in [7, 11) is 1.55. The first-order chi connectivity index (χ1) is 13.9. The quantitative estimate of drug-likeness (QED) is 0.654. The van der Waals surface area contributed by atoms with Crippen molar-refractivity contribution in [1.29, 1.82) is 5.26 Å². The third-order valence-corrected chi connectivity index (χ3v) is 4.53. The topological polar surface area (TPSA) is 121 Å². The van der Waals surface area contributed by atoms with Crippen molar-refractivity contribution < 1.29 is 19.1 Å². The van der Waals surface area contributed by atoms with Crippen LogP contribution in [0.3, 0.4) is 0 Å². The highest BCUT2D eigenvalue weighted by Gasteiger charge is 2.14. The van der Waals surface area contributed by atoms with E-state index in [-0.39, 0.29) is 25.1 Å². The van der Waals surface area contributed by atoms with Crippen molar-refractivity contribution in [3.05, 3.63) is 62.6 Å². The van der Waals surface area contributed by atoms with Crippen molar-refractivity contribution in [2.45, 2.75) is 33.2 Å². The molecule has 1 amide bonds. The highest BCUT2D eigenvalue weighted by Crippen LogP contribution is 2.17. The Morgan fingerprint density at radius 3 is 2.66 bits per heavy atom. The summed E-state index contributed by atoms with van der Waals surface area (Å²) in [5.74, 6) is -0.304. The highest BCUT2D eigenvalue weighted by atomic mass is 16.5. The normalized spacial score (nSPS) is 10.1. The molecule has 0 atom stereocenters. The van der Waals surface area contributed by atoms with E-state index in [1.165, 1.54) is 0 Å². The maximum absolute atomic E-state index is 12.0. The molecule has 29 heavy (non-hydrogen) atoms. The monoisotopic (exact) mass is 397 g/mol. The molecule has 1 aromatic heterocycles. The molecule has 0 spiro atoms. The van der Waals surface area contributed by atoms with Crippen LogP contribution < -0.4 is 15.6 Å². The summed E-state index contributed by atoms with van der Waals surface area (Å²) in [5.41, 5.74) is 2.28. The molecular formula is C21H23N3O5. The Morgan fingerprint density at radius 2 is 1.97 bits per heavy atom. The predicted octanol–water partition coefficient (Wildman–Crippen LogP) is 1.66. The number of pyridine rings is 1. The zero-order chi connectivity index (χ0) is 21.4. The number of rotatable bonds is 8. The van der Waals surface area contributed by atoms with E-state index in [2.05, 4.69) is 10.3 Å². The maximum Gasteiger partial charge on any atom is 0.306 e. The number of esters is 1. The summed E-state index contributed by atoms with van der Waals surface area (Å²) in [4.78, 5) is 38.3. The number of hydrogen-bond acceptors (Lipinski definition) is 6. The maximum atomic E-state index is 12.0. The lowest BCUT2D eigenvalue weighted by Crippen LogP contribution is -2.28. The van der Waals surface area contributed by atoms with Crippen molar-refractivity contribution in [3.63, 3.8) is 0 Å². The molecule has 0 fully saturated rings. The summed E-state index contributed by atoms with van der Waals surface area (Å²) >= 11 is 0. The summed E-state index contributed by atoms with van der Waals surface area (Å²) in [6.07, 6.45) is 0.323. The Bertz CT molecular complexity index is 1000. The van der Waals surface area contributed by atoms with Crippen molar-refractivity contribution >= 4 is 11.9 Å². The lowest BCUT2D eigenvalue weighted by molar-refractivity contribution is -0.148. The zero-order valence-electron chi connectivity index (χ0n) is 16.6. The second kappa shape index (κ2) is 10.1. The molecular weight excluding hydrogens is 374 g/mol. The first kappa shape index (κ1) is 21.7. The molecule has 0 saturated heterocycles. The molecule has 1 heterocycles. The summed E-state index contributed by atoms with van der Waals surface area (Å²) in [6.45, 7) is 3.25. The molecule has 0 aliphatic heterocycles. The summed E-state index contributed by atoms with van der Waals surface area (Å²) in [5, 5.41) is 11.8. The Kier molecular flexibility index (Phi) is 7.54. The first-order valence-corrected chi connectivity index (χ1v) is 9.04. The van der Waals surface area contributed by atoms with Gasteiger partial charge in [-0.2, -0.15) is 5.26 Å². The molecule has 1 aromatic carbocycles. The number of amides is 1. The third-order valence-electron chi connectivity index (χ3n) is 4.53. The van der Waals surface area contributed by atoms with Crippen LogP contribution in [0, 0.1) is 25.2 Å². The highest BCUT2D eigenvalue weighted by molar-refractivity contribution is 5.80. The number of aromatic amines is 1. The molecule has 2 aromatic rings. The van der Waals surface area contributed by atoms with Gasteiger partial charge in [-0.05, 0) is 37.5 Å². The number of ether oxygens (including phenoxy) is 2. The minimum Gasteiger partial charge on any atom is -0.496 e. The molecule has 0 radical (unpaired) electrons. The lowest BCUT2D eigenvalue weighted by atomic mass is 9.99. The molecule has 0 aliphatic carbocycles. The van der Waals surface area contributed by atoms with E-state index < -0.39 is 17.4 Å². The van der Waals surface area contributed by atoms with Crippen LogP contribution in [0.25, 0.3) is 0 Å². The van der Waals surface area contributed by atoms with Crippen LogP contribution in [0.2, 0.25) is 0 Å². The van der Waals surface area contributed by atoms with Crippen molar-refractivity contribution in [2.24, 2.45) is 0 Å². The fourth-order valence-electron chi connectivity index (χ4n) is 2.96. The van der Waals surface area contributed by atoms with Gasteiger partial charge in [0, 0.05) is 24.2 Å². The van der Waals surface area contributed by atoms with E-state index in [9.17, 15) is 14.4 Å². The number of aryl methyl sites for hydroxylation is 1. The number of carbonyl (C=O) groups excluding carboxylic acids is 2. The number of hydrogen-bond donors (Lipinski definition) is 2. The van der Waals surface area contributed by atoms with Gasteiger partial charge in [0.25, 0.3) is 11.5 Å². The van der Waals surface area contributed by atoms with Crippen LogP contribution in [0.4, 0.5) is 0 Å². The molecule has 0 unspecified atom stereocenters. The number of aromatic nitrogens is 1. The first-order valence-electron chi connectivity index (χ1n) is 9.04. The molecule has 0 saturated carbocycles. The van der Waals surface area contributed by atoms with Crippen LogP contribution in [0.1, 0.15) is 34.4 Å². The molecule has 152 valence electrons. The smallest absolute Gasteiger partial charge is 0.306 e. The molecule has 8 heteroatoms. The molecule has 0 bridgehead atoms. The van der Waals surface area contributed by atoms with Crippen molar-refractivity contribution in [3.8, 4) is 11.8 Å². The summed E-state index contributed by atoms with van der Waals surface area (Å²) < 4.78 is 10.2. The molecule has 8 nitrogen and oxygen atoms in total. The number of benzene rings is 1. The zero-order valence-corrected chi connectivity index (χ0v) is 16.6. The average molecular weight is 397 g/mol. The minimum absolute atomic E-state index is 0.0262. The number of nitrogens with zero attached hydrogens (tertiary/aromatic N) is 1. The van der Waals surface area contributed by atoms with Gasteiger partial charge in [0.2, 0.25) is 0 Å². The van der Waals surface area contributed by atoms with Gasteiger partial charge in [0.15, 0.2) is 6.61 Å². The van der Waals surface area contributed by atoms with E-state index in [1.54, 1.807) is 27.0 Å². The van der Waals surface area contributed by atoms with Gasteiger partial charge in [-0.1, -0.05) is 18.2 Å². The second-order valence-electron chi connectivity index (χ2n) is 6.42. The van der Waals surface area contributed by atoms with Gasteiger partial charge in [0.1, 0.15) is 17.4 Å². The minimum atomic E-state index is -0.541.